The molecule has 0 aliphatic carbocycles. The topological polar surface area (TPSA) is 93.5 Å². The predicted molar refractivity (Wildman–Crippen MR) is 80.2 cm³/mol. The largest absolute Gasteiger partial charge is 0.478 e. The van der Waals surface area contributed by atoms with E-state index in [0.717, 1.165) is 0 Å². The Balaban J connectivity index is 0.00000176. The van der Waals surface area contributed by atoms with E-state index in [2.05, 4.69) is 10.1 Å². The minimum Gasteiger partial charge on any atom is -0.478 e. The van der Waals surface area contributed by atoms with Crippen LogP contribution in [-0.2, 0) is 0 Å². The van der Waals surface area contributed by atoms with E-state index in [4.69, 9.17) is 10.8 Å². The molecular weight excluding hydrogens is 282 g/mol. The number of hydrogen-bond acceptors (Lipinski definition) is 4. The van der Waals surface area contributed by atoms with Gasteiger partial charge in [-0.3, -0.25) is 0 Å². The molecule has 6 nitrogen and oxygen atoms in total. The van der Waals surface area contributed by atoms with E-state index in [0.29, 0.717) is 16.8 Å². The first-order valence-electron chi connectivity index (χ1n) is 6.11. The SMILES string of the molecule is Cc1c(F)cc(-c2ccn3nc(N)nc3c2)cc1C(=O)O.[Li]. The van der Waals surface area contributed by atoms with Gasteiger partial charge < -0.3 is 10.8 Å². The first kappa shape index (κ1) is 16.0. The molecule has 2 aromatic heterocycles. The molecule has 3 N–H and O–H groups in total. The van der Waals surface area contributed by atoms with Crippen molar-refractivity contribution in [3.63, 3.8) is 0 Å². The molecule has 0 saturated carbocycles. The number of pyridine rings is 1. The molecule has 3 rings (SSSR count). The van der Waals surface area contributed by atoms with Crippen molar-refractivity contribution in [2.45, 2.75) is 6.92 Å². The Hall–Kier alpha value is -2.36. The van der Waals surface area contributed by atoms with E-state index in [1.165, 1.54) is 23.6 Å². The van der Waals surface area contributed by atoms with Gasteiger partial charge in [-0.2, -0.15) is 4.98 Å². The van der Waals surface area contributed by atoms with Crippen LogP contribution in [0, 0.1) is 12.7 Å². The Morgan fingerprint density at radius 3 is 2.73 bits per heavy atom. The average molecular weight is 293 g/mol. The molecule has 8 heteroatoms. The van der Waals surface area contributed by atoms with Crippen molar-refractivity contribution in [2.75, 3.05) is 5.73 Å². The minimum atomic E-state index is -1.17. The van der Waals surface area contributed by atoms with Crippen LogP contribution in [-0.4, -0.2) is 44.5 Å². The number of carboxylic acids is 1. The number of benzene rings is 1. The second kappa shape index (κ2) is 5.79. The number of hydrogen-bond donors (Lipinski definition) is 2. The summed E-state index contributed by atoms with van der Waals surface area (Å²) < 4.78 is 15.4. The van der Waals surface area contributed by atoms with Gasteiger partial charge in [0.05, 0.1) is 5.56 Å². The first-order valence-corrected chi connectivity index (χ1v) is 6.11. The number of nitrogens with two attached hydrogens (primary N) is 1. The maximum Gasteiger partial charge on any atom is 0.336 e. The van der Waals surface area contributed by atoms with E-state index >= 15 is 0 Å². The van der Waals surface area contributed by atoms with E-state index in [1.807, 2.05) is 0 Å². The monoisotopic (exact) mass is 293 g/mol. The molecule has 2 heterocycles. The third-order valence-electron chi connectivity index (χ3n) is 3.26. The van der Waals surface area contributed by atoms with Gasteiger partial charge in [-0.15, -0.1) is 5.10 Å². The number of anilines is 1. The predicted octanol–water partition coefficient (Wildman–Crippen LogP) is 1.74. The fourth-order valence-electron chi connectivity index (χ4n) is 2.15. The van der Waals surface area contributed by atoms with Crippen molar-refractivity contribution in [3.8, 4) is 11.1 Å². The third-order valence-corrected chi connectivity index (χ3v) is 3.26. The van der Waals surface area contributed by atoms with Gasteiger partial charge in [-0.25, -0.2) is 13.7 Å². The number of nitrogens with zero attached hydrogens (tertiary/aromatic N) is 3. The zero-order valence-electron chi connectivity index (χ0n) is 12.0. The molecular formula is C14H11FLiN4O2. The number of nitrogen functional groups attached to an aromatic ring is 1. The molecule has 0 fully saturated rings. The minimum absolute atomic E-state index is 0. The molecule has 0 saturated heterocycles. The summed E-state index contributed by atoms with van der Waals surface area (Å²) in [6, 6.07) is 6.09. The molecule has 1 radical (unpaired) electrons. The van der Waals surface area contributed by atoms with Gasteiger partial charge in [0.2, 0.25) is 5.95 Å². The molecule has 1 aromatic carbocycles. The van der Waals surface area contributed by atoms with Crippen LogP contribution in [0.3, 0.4) is 0 Å². The van der Waals surface area contributed by atoms with Gasteiger partial charge in [-0.05, 0) is 47.9 Å². The molecule has 0 spiro atoms. The number of carboxylic acid groups (broad SMARTS) is 1. The normalized spacial score (nSPS) is 10.5. The Morgan fingerprint density at radius 2 is 2.05 bits per heavy atom. The van der Waals surface area contributed by atoms with Crippen molar-refractivity contribution in [1.82, 2.24) is 14.6 Å². The molecule has 0 aliphatic heterocycles. The summed E-state index contributed by atoms with van der Waals surface area (Å²) in [6.45, 7) is 1.44. The molecule has 3 aromatic rings. The second-order valence-corrected chi connectivity index (χ2v) is 4.62. The Morgan fingerprint density at radius 1 is 1.32 bits per heavy atom. The van der Waals surface area contributed by atoms with Gasteiger partial charge in [0, 0.05) is 25.1 Å². The van der Waals surface area contributed by atoms with Gasteiger partial charge in [0.15, 0.2) is 5.65 Å². The van der Waals surface area contributed by atoms with E-state index in [1.54, 1.807) is 18.3 Å². The van der Waals surface area contributed by atoms with Crippen LogP contribution >= 0.6 is 0 Å². The van der Waals surface area contributed by atoms with Crippen LogP contribution in [0.25, 0.3) is 16.8 Å². The van der Waals surface area contributed by atoms with Gasteiger partial charge in [-0.1, -0.05) is 0 Å². The molecule has 107 valence electrons. The van der Waals surface area contributed by atoms with Crippen LogP contribution in [0.5, 0.6) is 0 Å². The number of carbonyl (C=O) groups is 1. The Kier molecular flexibility index (Phi) is 4.22. The molecule has 0 amide bonds. The summed E-state index contributed by atoms with van der Waals surface area (Å²) >= 11 is 0. The second-order valence-electron chi connectivity index (χ2n) is 4.62. The number of fused-ring (bicyclic) bond motifs is 1. The molecule has 0 aliphatic rings. The number of aromatic carboxylic acids is 1. The maximum absolute atomic E-state index is 13.9. The Labute approximate surface area is 137 Å². The standard InChI is InChI=1S/C14H11FN4O2.Li/c1-7-10(13(20)21)4-9(5-11(7)15)8-2-3-19-12(6-8)17-14(16)18-19;/h2-6H,1H3,(H2,16,18)(H,20,21);. The van der Waals surface area contributed by atoms with Crippen molar-refractivity contribution in [2.24, 2.45) is 0 Å². The third kappa shape index (κ3) is 2.69. The summed E-state index contributed by atoms with van der Waals surface area (Å²) in [5.74, 6) is -1.60. The fraction of sp³-hybridized carbons (Fsp3) is 0.0714. The molecule has 0 unspecified atom stereocenters. The number of halogens is 1. The van der Waals surface area contributed by atoms with E-state index < -0.39 is 11.8 Å². The van der Waals surface area contributed by atoms with Crippen LogP contribution in [0.15, 0.2) is 30.5 Å². The smallest absolute Gasteiger partial charge is 0.336 e. The first-order chi connectivity index (χ1) is 9.95. The van der Waals surface area contributed by atoms with Crippen LogP contribution < -0.4 is 5.73 Å². The molecule has 0 bridgehead atoms. The molecule has 0 atom stereocenters. The van der Waals surface area contributed by atoms with Crippen molar-refractivity contribution in [3.05, 3.63) is 47.4 Å². The maximum atomic E-state index is 13.9. The van der Waals surface area contributed by atoms with E-state index in [-0.39, 0.29) is 35.9 Å². The zero-order valence-corrected chi connectivity index (χ0v) is 12.0. The van der Waals surface area contributed by atoms with E-state index in [9.17, 15) is 9.18 Å². The summed E-state index contributed by atoms with van der Waals surface area (Å²) in [6.07, 6.45) is 1.63. The van der Waals surface area contributed by atoms with Crippen LogP contribution in [0.1, 0.15) is 15.9 Å². The van der Waals surface area contributed by atoms with Crippen molar-refractivity contribution < 1.29 is 14.3 Å². The van der Waals surface area contributed by atoms with Crippen molar-refractivity contribution >= 4 is 36.4 Å². The van der Waals surface area contributed by atoms with Gasteiger partial charge in [0.1, 0.15) is 5.82 Å². The van der Waals surface area contributed by atoms with Crippen molar-refractivity contribution in [1.29, 1.82) is 0 Å². The average Bonchev–Trinajstić information content (AvgIpc) is 2.80. The number of rotatable bonds is 2. The van der Waals surface area contributed by atoms with Crippen LogP contribution in [0.2, 0.25) is 0 Å². The quantitative estimate of drug-likeness (QED) is 0.702. The summed E-state index contributed by atoms with van der Waals surface area (Å²) in [4.78, 5) is 15.2. The van der Waals surface area contributed by atoms with Gasteiger partial charge in [0.25, 0.3) is 0 Å². The van der Waals surface area contributed by atoms with Crippen LogP contribution in [0.4, 0.5) is 10.3 Å². The zero-order chi connectivity index (χ0) is 15.1. The summed E-state index contributed by atoms with van der Waals surface area (Å²) in [5.41, 5.74) is 7.15. The Bertz CT molecular complexity index is 879. The summed E-state index contributed by atoms with van der Waals surface area (Å²) in [5, 5.41) is 13.1. The van der Waals surface area contributed by atoms with Gasteiger partial charge >= 0.3 is 5.97 Å². The number of aromatic nitrogens is 3. The molecule has 22 heavy (non-hydrogen) atoms. The fourth-order valence-corrected chi connectivity index (χ4v) is 2.15. The summed E-state index contributed by atoms with van der Waals surface area (Å²) in [7, 11) is 0.